The fourth-order valence-corrected chi connectivity index (χ4v) is 3.62. The summed E-state index contributed by atoms with van der Waals surface area (Å²) in [4.78, 5) is 4.07. The predicted molar refractivity (Wildman–Crippen MR) is 90.8 cm³/mol. The Balaban J connectivity index is 2.60. The molecule has 0 aliphatic carbocycles. The van der Waals surface area contributed by atoms with Gasteiger partial charge in [0, 0.05) is 0 Å². The molecule has 0 aliphatic heterocycles. The zero-order valence-electron chi connectivity index (χ0n) is 13.3. The summed E-state index contributed by atoms with van der Waals surface area (Å²) in [5.41, 5.74) is 8.42. The minimum Gasteiger partial charge on any atom is -0.316 e. The van der Waals surface area contributed by atoms with Crippen molar-refractivity contribution in [2.75, 3.05) is 0 Å². The van der Waals surface area contributed by atoms with E-state index in [-0.39, 0.29) is 0 Å². The van der Waals surface area contributed by atoms with Crippen LogP contribution in [0.4, 0.5) is 0 Å². The van der Waals surface area contributed by atoms with E-state index in [1.54, 1.807) is 6.33 Å². The molecule has 0 saturated heterocycles. The Morgan fingerprint density at radius 2 is 1.38 bits per heavy atom. The first-order valence-corrected chi connectivity index (χ1v) is 8.14. The van der Waals surface area contributed by atoms with E-state index >= 15 is 0 Å². The molecular formula is C17H22Cl2N2. The van der Waals surface area contributed by atoms with Crippen molar-refractivity contribution in [3.8, 4) is 0 Å². The second kappa shape index (κ2) is 6.41. The quantitative estimate of drug-likeness (QED) is 0.747. The summed E-state index contributed by atoms with van der Waals surface area (Å²) in [6.07, 6.45) is 3.81. The molecule has 0 atom stereocenters. The van der Waals surface area contributed by atoms with Crippen LogP contribution in [0.1, 0.15) is 47.2 Å². The smallest absolute Gasteiger partial charge is 0.166 e. The van der Waals surface area contributed by atoms with Crippen molar-refractivity contribution in [3.63, 3.8) is 0 Å². The summed E-state index contributed by atoms with van der Waals surface area (Å²) >= 11 is 12.2. The lowest BCUT2D eigenvalue weighted by Crippen LogP contribution is -2.10. The largest absolute Gasteiger partial charge is 0.316 e. The van der Waals surface area contributed by atoms with Gasteiger partial charge in [0.1, 0.15) is 5.15 Å². The lowest BCUT2D eigenvalue weighted by Gasteiger charge is -2.21. The highest BCUT2D eigenvalue weighted by Crippen LogP contribution is 2.30. The van der Waals surface area contributed by atoms with Crippen molar-refractivity contribution in [2.45, 2.75) is 54.0 Å². The highest BCUT2D eigenvalue weighted by Gasteiger charge is 2.16. The number of halogens is 2. The van der Waals surface area contributed by atoms with E-state index in [4.69, 9.17) is 23.2 Å². The van der Waals surface area contributed by atoms with Crippen molar-refractivity contribution >= 4 is 23.2 Å². The van der Waals surface area contributed by atoms with Crippen molar-refractivity contribution < 1.29 is 0 Å². The molecule has 1 aromatic carbocycles. The van der Waals surface area contributed by atoms with Gasteiger partial charge in [-0.3, -0.25) is 0 Å². The molecule has 1 aromatic heterocycles. The molecule has 21 heavy (non-hydrogen) atoms. The van der Waals surface area contributed by atoms with E-state index in [9.17, 15) is 0 Å². The molecule has 0 amide bonds. The normalized spacial score (nSPS) is 11.2. The van der Waals surface area contributed by atoms with Crippen LogP contribution < -0.4 is 0 Å². The van der Waals surface area contributed by atoms with Gasteiger partial charge in [0.05, 0.1) is 12.9 Å². The molecule has 0 fully saturated rings. The molecular weight excluding hydrogens is 303 g/mol. The molecule has 2 aromatic rings. The third-order valence-corrected chi connectivity index (χ3v) is 5.25. The highest BCUT2D eigenvalue weighted by molar-refractivity contribution is 6.40. The first-order chi connectivity index (χ1) is 9.92. The Morgan fingerprint density at radius 1 is 0.905 bits per heavy atom. The molecule has 4 heteroatoms. The average molecular weight is 325 g/mol. The van der Waals surface area contributed by atoms with Crippen LogP contribution in [-0.4, -0.2) is 9.55 Å². The lowest BCUT2D eigenvalue weighted by molar-refractivity contribution is 0.779. The van der Waals surface area contributed by atoms with Gasteiger partial charge in [0.25, 0.3) is 0 Å². The number of rotatable bonds is 4. The number of imidazole rings is 1. The Hall–Kier alpha value is -0.990. The predicted octanol–water partition coefficient (Wildman–Crippen LogP) is 5.29. The van der Waals surface area contributed by atoms with Crippen molar-refractivity contribution in [1.82, 2.24) is 9.55 Å². The molecule has 0 aliphatic rings. The van der Waals surface area contributed by atoms with E-state index in [1.165, 1.54) is 33.4 Å². The van der Waals surface area contributed by atoms with E-state index < -0.39 is 0 Å². The van der Waals surface area contributed by atoms with Crippen LogP contribution in [0, 0.1) is 20.8 Å². The summed E-state index contributed by atoms with van der Waals surface area (Å²) in [7, 11) is 0. The molecule has 2 nitrogen and oxygen atoms in total. The fraction of sp³-hybridized carbons (Fsp3) is 0.471. The molecule has 0 spiro atoms. The fourth-order valence-electron chi connectivity index (χ4n) is 3.31. The van der Waals surface area contributed by atoms with Crippen LogP contribution in [0.25, 0.3) is 0 Å². The molecule has 0 saturated carbocycles. The van der Waals surface area contributed by atoms with Crippen LogP contribution in [-0.2, 0) is 19.4 Å². The summed E-state index contributed by atoms with van der Waals surface area (Å²) < 4.78 is 1.91. The van der Waals surface area contributed by atoms with Gasteiger partial charge in [-0.2, -0.15) is 0 Å². The van der Waals surface area contributed by atoms with Crippen LogP contribution in [0.5, 0.6) is 0 Å². The molecule has 0 radical (unpaired) electrons. The third kappa shape index (κ3) is 2.84. The van der Waals surface area contributed by atoms with Gasteiger partial charge in [0.15, 0.2) is 5.15 Å². The van der Waals surface area contributed by atoms with Gasteiger partial charge in [-0.15, -0.1) is 0 Å². The number of aromatic nitrogens is 2. The van der Waals surface area contributed by atoms with Crippen molar-refractivity contribution in [3.05, 3.63) is 50.0 Å². The standard InChI is InChI=1S/C17H22Cl2N2/c1-6-13-10(3)14(7-2)12(5)15(11(13)4)8-21-9-20-16(18)17(21)19/h9H,6-8H2,1-5H3. The minimum atomic E-state index is 0.366. The number of hydrogen-bond acceptors (Lipinski definition) is 1. The second-order valence-electron chi connectivity index (χ2n) is 5.47. The van der Waals surface area contributed by atoms with E-state index in [1.807, 2.05) is 4.57 Å². The molecule has 0 bridgehead atoms. The molecule has 1 heterocycles. The topological polar surface area (TPSA) is 17.8 Å². The van der Waals surface area contributed by atoms with Gasteiger partial charge in [-0.1, -0.05) is 37.0 Å². The van der Waals surface area contributed by atoms with Crippen LogP contribution in [0.3, 0.4) is 0 Å². The van der Waals surface area contributed by atoms with Crippen LogP contribution in [0.15, 0.2) is 6.33 Å². The molecule has 0 unspecified atom stereocenters. The average Bonchev–Trinajstić information content (AvgIpc) is 2.76. The van der Waals surface area contributed by atoms with Crippen molar-refractivity contribution in [2.24, 2.45) is 0 Å². The molecule has 2 rings (SSSR count). The molecule has 0 N–H and O–H groups in total. The number of benzene rings is 1. The Bertz CT molecular complexity index is 641. The SMILES string of the molecule is CCc1c(C)c(CC)c(C)c(Cn2cnc(Cl)c2Cl)c1C. The van der Waals surface area contributed by atoms with Gasteiger partial charge in [-0.05, 0) is 67.0 Å². The summed E-state index contributed by atoms with van der Waals surface area (Å²) in [5.74, 6) is 0. The van der Waals surface area contributed by atoms with E-state index in [2.05, 4.69) is 39.6 Å². The molecule has 114 valence electrons. The Labute approximate surface area is 137 Å². The van der Waals surface area contributed by atoms with Gasteiger partial charge < -0.3 is 4.57 Å². The van der Waals surface area contributed by atoms with Crippen LogP contribution in [0.2, 0.25) is 10.3 Å². The van der Waals surface area contributed by atoms with Crippen molar-refractivity contribution in [1.29, 1.82) is 0 Å². The zero-order chi connectivity index (χ0) is 15.7. The maximum Gasteiger partial charge on any atom is 0.166 e. The van der Waals surface area contributed by atoms with Gasteiger partial charge in [0.2, 0.25) is 0 Å². The van der Waals surface area contributed by atoms with Gasteiger partial charge in [-0.25, -0.2) is 4.98 Å². The first-order valence-electron chi connectivity index (χ1n) is 7.38. The summed E-state index contributed by atoms with van der Waals surface area (Å²) in [6.45, 7) is 11.8. The lowest BCUT2D eigenvalue weighted by atomic mass is 9.86. The monoisotopic (exact) mass is 324 g/mol. The summed E-state index contributed by atoms with van der Waals surface area (Å²) in [5, 5.41) is 0.873. The third-order valence-electron chi connectivity index (χ3n) is 4.48. The maximum atomic E-state index is 6.21. The number of hydrogen-bond donors (Lipinski definition) is 0. The zero-order valence-corrected chi connectivity index (χ0v) is 14.9. The summed E-state index contributed by atoms with van der Waals surface area (Å²) in [6, 6.07) is 0. The Kier molecular flexibility index (Phi) is 5.00. The van der Waals surface area contributed by atoms with Crippen LogP contribution >= 0.6 is 23.2 Å². The van der Waals surface area contributed by atoms with Gasteiger partial charge >= 0.3 is 0 Å². The van der Waals surface area contributed by atoms with E-state index in [0.29, 0.717) is 10.3 Å². The van der Waals surface area contributed by atoms with E-state index in [0.717, 1.165) is 19.4 Å². The first kappa shape index (κ1) is 16.4. The maximum absolute atomic E-state index is 6.21. The Morgan fingerprint density at radius 3 is 1.76 bits per heavy atom. The highest BCUT2D eigenvalue weighted by atomic mass is 35.5. The minimum absolute atomic E-state index is 0.366. The second-order valence-corrected chi connectivity index (χ2v) is 6.19. The number of nitrogens with zero attached hydrogens (tertiary/aromatic N) is 2.